The molecule has 1 N–H and O–H groups in total. The molecular weight excluding hydrogens is 466 g/mol. The molecule has 0 amide bonds. The number of aliphatic carboxylic acids is 1. The predicted octanol–water partition coefficient (Wildman–Crippen LogP) is 4.45. The number of Topliss-reactive ketones (excluding diaryl/α,β-unsaturated/α-hetero) is 1. The first kappa shape index (κ1) is 22.5. The summed E-state index contributed by atoms with van der Waals surface area (Å²) in [6.45, 7) is 0.0784. The van der Waals surface area contributed by atoms with E-state index in [2.05, 4.69) is 8.75 Å². The van der Waals surface area contributed by atoms with Gasteiger partial charge in [0.2, 0.25) is 6.79 Å². The van der Waals surface area contributed by atoms with Crippen LogP contribution in [0.1, 0.15) is 21.5 Å². The summed E-state index contributed by atoms with van der Waals surface area (Å²) in [5.74, 6) is -0.588. The van der Waals surface area contributed by atoms with Crippen LogP contribution in [0.4, 0.5) is 5.69 Å². The lowest BCUT2D eigenvalue weighted by molar-refractivity contribution is -0.130. The first-order valence-electron chi connectivity index (χ1n) is 10.8. The summed E-state index contributed by atoms with van der Waals surface area (Å²) < 4.78 is 19.2. The Bertz CT molecular complexity index is 1490. The fourth-order valence-corrected chi connectivity index (χ4v) is 4.52. The average molecular weight is 488 g/mol. The van der Waals surface area contributed by atoms with E-state index in [4.69, 9.17) is 9.47 Å². The smallest absolute Gasteiger partial charge is 0.336 e. The number of allylic oxidation sites excluding steroid dienone is 1. The molecule has 4 aromatic rings. The van der Waals surface area contributed by atoms with Crippen molar-refractivity contribution in [3.05, 3.63) is 82.9 Å². The van der Waals surface area contributed by atoms with E-state index in [9.17, 15) is 14.7 Å². The van der Waals surface area contributed by atoms with Crippen LogP contribution < -0.4 is 14.4 Å². The van der Waals surface area contributed by atoms with Gasteiger partial charge in [0.1, 0.15) is 11.0 Å². The third kappa shape index (κ3) is 4.45. The lowest BCUT2D eigenvalue weighted by atomic mass is 9.89. The van der Waals surface area contributed by atoms with Gasteiger partial charge in [-0.15, -0.1) is 0 Å². The van der Waals surface area contributed by atoms with Crippen molar-refractivity contribution in [1.29, 1.82) is 0 Å². The highest BCUT2D eigenvalue weighted by molar-refractivity contribution is 7.00. The number of carbonyl (C=O) groups excluding carboxylic acids is 1. The summed E-state index contributed by atoms with van der Waals surface area (Å²) in [5, 5.41) is 10.3. The van der Waals surface area contributed by atoms with Gasteiger partial charge in [0.05, 0.1) is 17.3 Å². The molecule has 0 spiro atoms. The Balaban J connectivity index is 1.67. The van der Waals surface area contributed by atoms with Crippen molar-refractivity contribution in [1.82, 2.24) is 8.75 Å². The first-order valence-corrected chi connectivity index (χ1v) is 11.5. The molecule has 8 nitrogen and oxygen atoms in total. The number of carboxylic acids is 1. The summed E-state index contributed by atoms with van der Waals surface area (Å²) in [4.78, 5) is 28.4. The van der Waals surface area contributed by atoms with Gasteiger partial charge >= 0.3 is 5.97 Å². The summed E-state index contributed by atoms with van der Waals surface area (Å²) in [6, 6.07) is 17.6. The molecule has 1 aliphatic rings. The maximum Gasteiger partial charge on any atom is 0.336 e. The first-order chi connectivity index (χ1) is 16.9. The molecule has 0 atom stereocenters. The summed E-state index contributed by atoms with van der Waals surface area (Å²) in [6.07, 6.45) is 0.129. The number of hydrogen-bond donors (Lipinski definition) is 1. The Hall–Kier alpha value is -4.24. The van der Waals surface area contributed by atoms with Gasteiger partial charge in [-0.25, -0.2) is 4.79 Å². The van der Waals surface area contributed by atoms with Gasteiger partial charge in [-0.05, 0) is 53.6 Å². The van der Waals surface area contributed by atoms with Crippen molar-refractivity contribution in [2.45, 2.75) is 6.42 Å². The van der Waals surface area contributed by atoms with Crippen molar-refractivity contribution in [3.63, 3.8) is 0 Å². The van der Waals surface area contributed by atoms with E-state index in [1.807, 2.05) is 43.3 Å². The van der Waals surface area contributed by atoms with Crippen LogP contribution in [-0.4, -0.2) is 46.5 Å². The van der Waals surface area contributed by atoms with E-state index in [1.165, 1.54) is 0 Å². The van der Waals surface area contributed by atoms with Crippen LogP contribution in [0.15, 0.2) is 66.2 Å². The van der Waals surface area contributed by atoms with Crippen LogP contribution in [0.3, 0.4) is 0 Å². The third-order valence-electron chi connectivity index (χ3n) is 5.77. The van der Waals surface area contributed by atoms with E-state index < -0.39 is 11.8 Å². The Morgan fingerprint density at radius 1 is 0.943 bits per heavy atom. The average Bonchev–Trinajstić information content (AvgIpc) is 3.51. The molecule has 3 aromatic carbocycles. The molecule has 0 aliphatic carbocycles. The molecule has 0 fully saturated rings. The highest BCUT2D eigenvalue weighted by Crippen LogP contribution is 2.35. The molecule has 0 saturated heterocycles. The molecule has 9 heteroatoms. The number of ketones is 1. The second kappa shape index (κ2) is 9.19. The molecule has 0 bridgehead atoms. The molecular formula is C26H21N3O5S. The molecule has 0 radical (unpaired) electrons. The quantitative estimate of drug-likeness (QED) is 0.301. The Morgan fingerprint density at radius 2 is 1.71 bits per heavy atom. The second-order valence-electron chi connectivity index (χ2n) is 8.26. The number of aromatic nitrogens is 2. The van der Waals surface area contributed by atoms with Gasteiger partial charge in [0.15, 0.2) is 17.3 Å². The molecule has 176 valence electrons. The minimum absolute atomic E-state index is 0.0715. The van der Waals surface area contributed by atoms with Crippen LogP contribution >= 0.6 is 11.7 Å². The fourth-order valence-electron chi connectivity index (χ4n) is 4.01. The maximum absolute atomic E-state index is 13.8. The SMILES string of the molecule is CN(C)c1cccc(CC(C(=O)c2ccc3c(c2)OCO3)=C(C(=O)O)c2ccc3nsnc3c2)c1. The van der Waals surface area contributed by atoms with E-state index >= 15 is 0 Å². The zero-order valence-electron chi connectivity index (χ0n) is 19.0. The standard InChI is InChI=1S/C26H21N3O5S/c1-29(2)18-5-3-4-15(10-18)11-19(25(30)17-7-9-22-23(13-17)34-14-33-22)24(26(31)32)16-6-8-20-21(12-16)28-35-27-20/h3-10,12-13H,11,14H2,1-2H3,(H,31,32). The zero-order valence-corrected chi connectivity index (χ0v) is 19.8. The summed E-state index contributed by atoms with van der Waals surface area (Å²) in [7, 11) is 3.85. The fraction of sp³-hybridized carbons (Fsp3) is 0.154. The van der Waals surface area contributed by atoms with Gasteiger partial charge in [-0.3, -0.25) is 4.79 Å². The molecule has 2 heterocycles. The third-order valence-corrected chi connectivity index (χ3v) is 6.33. The van der Waals surface area contributed by atoms with Crippen molar-refractivity contribution in [2.75, 3.05) is 25.8 Å². The minimum Gasteiger partial charge on any atom is -0.478 e. The molecule has 1 aliphatic heterocycles. The number of nitrogens with zero attached hydrogens (tertiary/aromatic N) is 3. The highest BCUT2D eigenvalue weighted by Gasteiger charge is 2.26. The van der Waals surface area contributed by atoms with Crippen LogP contribution in [0.25, 0.3) is 16.6 Å². The van der Waals surface area contributed by atoms with Crippen LogP contribution in [0.2, 0.25) is 0 Å². The topological polar surface area (TPSA) is 102 Å². The van der Waals surface area contributed by atoms with Crippen LogP contribution in [0, 0.1) is 0 Å². The van der Waals surface area contributed by atoms with Gasteiger partial charge < -0.3 is 19.5 Å². The molecule has 0 saturated carbocycles. The summed E-state index contributed by atoms with van der Waals surface area (Å²) >= 11 is 1.05. The number of ether oxygens (including phenoxy) is 2. The number of benzene rings is 3. The Kier molecular flexibility index (Phi) is 5.92. The lowest BCUT2D eigenvalue weighted by Crippen LogP contribution is -2.14. The largest absolute Gasteiger partial charge is 0.478 e. The van der Waals surface area contributed by atoms with Gasteiger partial charge in [0, 0.05) is 37.3 Å². The Labute approximate surface area is 205 Å². The predicted molar refractivity (Wildman–Crippen MR) is 133 cm³/mol. The van der Waals surface area contributed by atoms with E-state index in [0.29, 0.717) is 33.7 Å². The van der Waals surface area contributed by atoms with E-state index in [1.54, 1.807) is 36.4 Å². The van der Waals surface area contributed by atoms with Crippen molar-refractivity contribution < 1.29 is 24.2 Å². The number of anilines is 1. The van der Waals surface area contributed by atoms with Crippen LogP contribution in [0.5, 0.6) is 11.5 Å². The zero-order chi connectivity index (χ0) is 24.5. The van der Waals surface area contributed by atoms with E-state index in [-0.39, 0.29) is 24.4 Å². The molecule has 35 heavy (non-hydrogen) atoms. The minimum atomic E-state index is -1.19. The molecule has 0 unspecified atom stereocenters. The number of carbonyl (C=O) groups is 2. The van der Waals surface area contributed by atoms with Gasteiger partial charge in [0.25, 0.3) is 0 Å². The lowest BCUT2D eigenvalue weighted by Gasteiger charge is -2.16. The molecule has 5 rings (SSSR count). The van der Waals surface area contributed by atoms with Crippen molar-refractivity contribution in [2.24, 2.45) is 0 Å². The number of hydrogen-bond acceptors (Lipinski definition) is 8. The van der Waals surface area contributed by atoms with Gasteiger partial charge in [-0.2, -0.15) is 8.75 Å². The summed E-state index contributed by atoms with van der Waals surface area (Å²) in [5.41, 5.74) is 3.82. The monoisotopic (exact) mass is 487 g/mol. The highest BCUT2D eigenvalue weighted by atomic mass is 32.1. The van der Waals surface area contributed by atoms with E-state index in [0.717, 1.165) is 23.0 Å². The second-order valence-corrected chi connectivity index (χ2v) is 8.79. The normalized spacial score (nSPS) is 13.0. The van der Waals surface area contributed by atoms with Crippen LogP contribution in [-0.2, 0) is 11.2 Å². The number of carboxylic acid groups (broad SMARTS) is 1. The van der Waals surface area contributed by atoms with Gasteiger partial charge in [-0.1, -0.05) is 18.2 Å². The maximum atomic E-state index is 13.8. The molecule has 1 aromatic heterocycles. The van der Waals surface area contributed by atoms with Crippen molar-refractivity contribution >= 4 is 45.8 Å². The van der Waals surface area contributed by atoms with Crippen molar-refractivity contribution in [3.8, 4) is 11.5 Å². The Morgan fingerprint density at radius 3 is 2.51 bits per heavy atom. The number of rotatable bonds is 7. The number of fused-ring (bicyclic) bond motifs is 2.